The van der Waals surface area contributed by atoms with E-state index in [1.54, 1.807) is 18.2 Å². The van der Waals surface area contributed by atoms with E-state index in [4.69, 9.17) is 10.5 Å². The van der Waals surface area contributed by atoms with Crippen molar-refractivity contribution in [3.8, 4) is 5.69 Å². The van der Waals surface area contributed by atoms with E-state index in [-0.39, 0.29) is 12.5 Å². The van der Waals surface area contributed by atoms with Crippen LogP contribution in [0.2, 0.25) is 0 Å². The topological polar surface area (TPSA) is 108 Å². The Morgan fingerprint density at radius 2 is 2.42 bits per heavy atom. The molecule has 1 aromatic carbocycles. The zero-order valence-electron chi connectivity index (χ0n) is 10.4. The first-order valence-corrected chi connectivity index (χ1v) is 5.61. The molecule has 19 heavy (non-hydrogen) atoms. The van der Waals surface area contributed by atoms with E-state index < -0.39 is 6.10 Å². The highest BCUT2D eigenvalue weighted by atomic mass is 16.5. The van der Waals surface area contributed by atoms with Gasteiger partial charge in [-0.15, -0.1) is 5.10 Å². The Hall–Kier alpha value is -2.32. The van der Waals surface area contributed by atoms with Gasteiger partial charge in [0, 0.05) is 19.3 Å². The van der Waals surface area contributed by atoms with Gasteiger partial charge in [-0.25, -0.2) is 4.68 Å². The predicted molar refractivity (Wildman–Crippen MR) is 67.6 cm³/mol. The molecule has 2 aromatic rings. The highest BCUT2D eigenvalue weighted by Crippen LogP contribution is 2.13. The van der Waals surface area contributed by atoms with E-state index in [1.807, 2.05) is 6.07 Å². The fourth-order valence-corrected chi connectivity index (χ4v) is 1.54. The lowest BCUT2D eigenvalue weighted by atomic mass is 10.2. The Kier molecular flexibility index (Phi) is 4.16. The maximum atomic E-state index is 11.8. The third-order valence-corrected chi connectivity index (χ3v) is 2.52. The second-order valence-electron chi connectivity index (χ2n) is 3.75. The minimum absolute atomic E-state index is 0.120. The summed E-state index contributed by atoms with van der Waals surface area (Å²) in [6.07, 6.45) is 0.801. The van der Waals surface area contributed by atoms with Gasteiger partial charge < -0.3 is 15.8 Å². The smallest absolute Gasteiger partial charge is 0.254 e. The Morgan fingerprint density at radius 3 is 3.05 bits per heavy atom. The molecule has 0 spiro atoms. The van der Waals surface area contributed by atoms with E-state index in [1.165, 1.54) is 18.1 Å². The van der Waals surface area contributed by atoms with Crippen molar-refractivity contribution in [1.29, 1.82) is 0 Å². The van der Waals surface area contributed by atoms with Gasteiger partial charge in [0.1, 0.15) is 12.4 Å². The summed E-state index contributed by atoms with van der Waals surface area (Å²) in [6, 6.07) is 7.12. The number of carbonyl (C=O) groups is 1. The number of aromatic nitrogens is 4. The largest absolute Gasteiger partial charge is 0.370 e. The molecular weight excluding hydrogens is 248 g/mol. The molecule has 100 valence electrons. The standard InChI is InChI=1S/C11H14N6O2/c1-19-10(6-12)11(18)14-8-3-2-4-9(5-8)17-7-13-15-16-17/h2-5,7,10H,6,12H2,1H3,(H,14,18). The van der Waals surface area contributed by atoms with E-state index in [2.05, 4.69) is 20.8 Å². The third kappa shape index (κ3) is 3.12. The number of rotatable bonds is 5. The number of ether oxygens (including phenoxy) is 1. The molecule has 1 heterocycles. The number of anilines is 1. The molecule has 0 fully saturated rings. The van der Waals surface area contributed by atoms with Crippen molar-refractivity contribution in [3.05, 3.63) is 30.6 Å². The molecule has 1 amide bonds. The molecule has 2 rings (SSSR count). The number of amides is 1. The lowest BCUT2D eigenvalue weighted by molar-refractivity contribution is -0.125. The summed E-state index contributed by atoms with van der Waals surface area (Å²) in [5.74, 6) is -0.293. The summed E-state index contributed by atoms with van der Waals surface area (Å²) in [5, 5.41) is 13.6. The van der Waals surface area contributed by atoms with Crippen molar-refractivity contribution in [2.24, 2.45) is 5.73 Å². The Balaban J connectivity index is 2.14. The summed E-state index contributed by atoms with van der Waals surface area (Å²) in [7, 11) is 1.44. The first-order valence-electron chi connectivity index (χ1n) is 5.61. The second-order valence-corrected chi connectivity index (χ2v) is 3.75. The molecule has 1 atom stereocenters. The van der Waals surface area contributed by atoms with Gasteiger partial charge in [0.25, 0.3) is 5.91 Å². The lowest BCUT2D eigenvalue weighted by Gasteiger charge is -2.13. The molecular formula is C11H14N6O2. The van der Waals surface area contributed by atoms with Gasteiger partial charge in [0.05, 0.1) is 5.69 Å². The molecule has 0 saturated carbocycles. The summed E-state index contributed by atoms with van der Waals surface area (Å²) >= 11 is 0. The van der Waals surface area contributed by atoms with Crippen LogP contribution in [0.3, 0.4) is 0 Å². The monoisotopic (exact) mass is 262 g/mol. The number of nitrogens with one attached hydrogen (secondary N) is 1. The van der Waals surface area contributed by atoms with E-state index >= 15 is 0 Å². The molecule has 8 nitrogen and oxygen atoms in total. The number of carbonyl (C=O) groups excluding carboxylic acids is 1. The van der Waals surface area contributed by atoms with Crippen LogP contribution in [-0.2, 0) is 9.53 Å². The molecule has 8 heteroatoms. The van der Waals surface area contributed by atoms with Gasteiger partial charge in [0.15, 0.2) is 0 Å². The van der Waals surface area contributed by atoms with Gasteiger partial charge in [-0.05, 0) is 28.6 Å². The highest BCUT2D eigenvalue weighted by Gasteiger charge is 2.15. The molecule has 0 aliphatic rings. The second kappa shape index (κ2) is 6.03. The fourth-order valence-electron chi connectivity index (χ4n) is 1.54. The number of methoxy groups -OCH3 is 1. The number of hydrogen-bond acceptors (Lipinski definition) is 6. The first kappa shape index (κ1) is 13.1. The van der Waals surface area contributed by atoms with Gasteiger partial charge >= 0.3 is 0 Å². The van der Waals surface area contributed by atoms with Crippen molar-refractivity contribution >= 4 is 11.6 Å². The van der Waals surface area contributed by atoms with Crippen LogP contribution in [0.1, 0.15) is 0 Å². The number of hydrogen-bond donors (Lipinski definition) is 2. The minimum Gasteiger partial charge on any atom is -0.370 e. The maximum absolute atomic E-state index is 11.8. The quantitative estimate of drug-likeness (QED) is 0.757. The maximum Gasteiger partial charge on any atom is 0.254 e. The van der Waals surface area contributed by atoms with E-state index in [0.717, 1.165) is 5.69 Å². The Labute approximate surface area is 109 Å². The average Bonchev–Trinajstić information content (AvgIpc) is 2.94. The first-order chi connectivity index (χ1) is 9.24. The summed E-state index contributed by atoms with van der Waals surface area (Å²) in [4.78, 5) is 11.8. The van der Waals surface area contributed by atoms with Crippen LogP contribution in [-0.4, -0.2) is 45.9 Å². The molecule has 0 aliphatic carbocycles. The fraction of sp³-hybridized carbons (Fsp3) is 0.273. The average molecular weight is 262 g/mol. The van der Waals surface area contributed by atoms with Crippen molar-refractivity contribution < 1.29 is 9.53 Å². The van der Waals surface area contributed by atoms with Gasteiger partial charge in [-0.2, -0.15) is 0 Å². The van der Waals surface area contributed by atoms with Crippen molar-refractivity contribution in [2.75, 3.05) is 19.0 Å². The normalized spacial score (nSPS) is 12.1. The van der Waals surface area contributed by atoms with Crippen LogP contribution < -0.4 is 11.1 Å². The SMILES string of the molecule is COC(CN)C(=O)Nc1cccc(-n2cnnn2)c1. The molecule has 0 bridgehead atoms. The lowest BCUT2D eigenvalue weighted by Crippen LogP contribution is -2.35. The molecule has 3 N–H and O–H groups in total. The van der Waals surface area contributed by atoms with E-state index in [9.17, 15) is 4.79 Å². The summed E-state index contributed by atoms with van der Waals surface area (Å²) in [6.45, 7) is 0.120. The van der Waals surface area contributed by atoms with Gasteiger partial charge in [-0.3, -0.25) is 4.79 Å². The van der Waals surface area contributed by atoms with E-state index in [0.29, 0.717) is 5.69 Å². The van der Waals surface area contributed by atoms with Gasteiger partial charge in [0.2, 0.25) is 0 Å². The number of nitrogens with two attached hydrogens (primary N) is 1. The van der Waals surface area contributed by atoms with Gasteiger partial charge in [-0.1, -0.05) is 6.07 Å². The van der Waals surface area contributed by atoms with Crippen LogP contribution in [0.25, 0.3) is 5.69 Å². The number of nitrogens with zero attached hydrogens (tertiary/aromatic N) is 4. The molecule has 1 aromatic heterocycles. The Bertz CT molecular complexity index is 538. The van der Waals surface area contributed by atoms with Crippen molar-refractivity contribution in [3.63, 3.8) is 0 Å². The molecule has 0 aliphatic heterocycles. The zero-order chi connectivity index (χ0) is 13.7. The van der Waals surface area contributed by atoms with Crippen LogP contribution in [0.15, 0.2) is 30.6 Å². The molecule has 0 radical (unpaired) electrons. The number of tetrazole rings is 1. The minimum atomic E-state index is -0.670. The molecule has 1 unspecified atom stereocenters. The van der Waals surface area contributed by atoms with Crippen LogP contribution in [0.5, 0.6) is 0 Å². The highest BCUT2D eigenvalue weighted by molar-refractivity contribution is 5.94. The molecule has 0 saturated heterocycles. The zero-order valence-corrected chi connectivity index (χ0v) is 10.4. The van der Waals surface area contributed by atoms with Crippen LogP contribution >= 0.6 is 0 Å². The third-order valence-electron chi connectivity index (χ3n) is 2.52. The van der Waals surface area contributed by atoms with Crippen molar-refractivity contribution in [2.45, 2.75) is 6.10 Å². The predicted octanol–water partition coefficient (Wildman–Crippen LogP) is -0.425. The summed E-state index contributed by atoms with van der Waals surface area (Å²) in [5.41, 5.74) is 6.79. The van der Waals surface area contributed by atoms with Crippen LogP contribution in [0.4, 0.5) is 5.69 Å². The number of benzene rings is 1. The van der Waals surface area contributed by atoms with Crippen molar-refractivity contribution in [1.82, 2.24) is 20.2 Å². The summed E-state index contributed by atoms with van der Waals surface area (Å²) < 4.78 is 6.45. The van der Waals surface area contributed by atoms with Crippen LogP contribution in [0, 0.1) is 0 Å². The Morgan fingerprint density at radius 1 is 1.58 bits per heavy atom.